The lowest BCUT2D eigenvalue weighted by atomic mass is 10.0. The molecule has 1 aromatic rings. The van der Waals surface area contributed by atoms with Gasteiger partial charge in [0.05, 0.1) is 19.6 Å². The first-order chi connectivity index (χ1) is 58.3. The molecule has 33 nitrogen and oxygen atoms in total. The zero-order chi connectivity index (χ0) is 83.9. The fourth-order valence-electron chi connectivity index (χ4n) is 14.3. The summed E-state index contributed by atoms with van der Waals surface area (Å²) in [5.74, 6) is -1.15. The van der Waals surface area contributed by atoms with E-state index < -0.39 is 5.91 Å². The Kier molecular flexibility index (Phi) is 84.6. The maximum absolute atomic E-state index is 11.3. The molecule has 8 rings (SSSR count). The quantitative estimate of drug-likeness (QED) is 0.105. The van der Waals surface area contributed by atoms with Crippen LogP contribution >= 0.6 is 17.0 Å². The fraction of sp³-hybridized carbons (Fsp3) is 0.894. The number of benzene rings is 1. The van der Waals surface area contributed by atoms with Gasteiger partial charge in [0.1, 0.15) is 0 Å². The number of carbonyl (C=O) groups is 3. The topological polar surface area (TPSA) is 419 Å². The van der Waals surface area contributed by atoms with E-state index in [2.05, 4.69) is 151 Å². The molecule has 1 atom stereocenters. The number of primary amides is 3. The van der Waals surface area contributed by atoms with E-state index in [1.165, 1.54) is 140 Å². The first-order valence-electron chi connectivity index (χ1n) is 47.4. The van der Waals surface area contributed by atoms with Crippen molar-refractivity contribution < 1.29 is 14.4 Å². The molecule has 700 valence electrons. The van der Waals surface area contributed by atoms with Crippen LogP contribution in [0.1, 0.15) is 120 Å². The van der Waals surface area contributed by atoms with Crippen LogP contribution in [0.25, 0.3) is 0 Å². The van der Waals surface area contributed by atoms with Gasteiger partial charge >= 0.3 is 0 Å². The van der Waals surface area contributed by atoms with E-state index in [0.717, 1.165) is 307 Å². The minimum Gasteiger partial charge on any atom is -0.369 e. The molecule has 0 bridgehead atoms. The molecule has 29 N–H and O–H groups in total. The van der Waals surface area contributed by atoms with Gasteiger partial charge in [0.25, 0.3) is 0 Å². The minimum absolute atomic E-state index is 0. The number of rotatable bonds is 10. The van der Waals surface area contributed by atoms with E-state index in [4.69, 9.17) is 17.2 Å². The monoisotopic (exact) mass is 1750 g/mol. The number of nitrogens with one attached hydrogen (secondary N) is 23. The van der Waals surface area contributed by atoms with Gasteiger partial charge < -0.3 is 139 Å². The lowest BCUT2D eigenvalue weighted by Crippen LogP contribution is -2.46. The van der Waals surface area contributed by atoms with Gasteiger partial charge in [-0.15, -0.1) is 17.0 Å². The summed E-state index contributed by atoms with van der Waals surface area (Å²) in [6.07, 6.45) is 22.6. The highest BCUT2D eigenvalue weighted by molar-refractivity contribution is 8.93. The van der Waals surface area contributed by atoms with Crippen molar-refractivity contribution in [3.63, 3.8) is 0 Å². The number of nitrogens with two attached hydrogens (primary N) is 3. The summed E-state index contributed by atoms with van der Waals surface area (Å²) in [5, 5.41) is 80.1. The van der Waals surface area contributed by atoms with Crippen LogP contribution in [0.15, 0.2) is 24.3 Å². The van der Waals surface area contributed by atoms with Crippen molar-refractivity contribution in [2.45, 2.75) is 128 Å². The number of carbonyl (C=O) groups excluding carboxylic acids is 3. The van der Waals surface area contributed by atoms with Crippen molar-refractivity contribution in [1.29, 1.82) is 0 Å². The molecule has 3 amide bonds. The Morgan fingerprint density at radius 1 is 0.227 bits per heavy atom. The summed E-state index contributed by atoms with van der Waals surface area (Å²) in [6, 6.07) is 9.81. The van der Waals surface area contributed by atoms with Gasteiger partial charge in [0.2, 0.25) is 17.7 Å². The lowest BCUT2D eigenvalue weighted by molar-refractivity contribution is -0.121. The molecule has 7 heterocycles. The molecule has 7 saturated heterocycles. The average molecular weight is 1760 g/mol. The van der Waals surface area contributed by atoms with E-state index in [1.54, 1.807) is 0 Å². The highest BCUT2D eigenvalue weighted by atomic mass is 79.9. The summed E-state index contributed by atoms with van der Waals surface area (Å²) < 4.78 is 0. The molecular formula is C85H185BrN30O3. The number of hydrogen-bond acceptors (Lipinski definition) is 30. The van der Waals surface area contributed by atoms with Crippen LogP contribution in [0, 0.1) is 0 Å². The van der Waals surface area contributed by atoms with Crippen LogP contribution in [-0.2, 0) is 27.3 Å². The lowest BCUT2D eigenvalue weighted by Gasteiger charge is -2.28. The zero-order valence-corrected chi connectivity index (χ0v) is 76.8. The second-order valence-electron chi connectivity index (χ2n) is 32.1. The standard InChI is InChI=1S/C26H50N8.C15H31N7O3.C13H31N5.C11H26N4.C10H24N4.C10H22N2.BrH/c1-7-27-12-14-31-18-20-34(19-17-29-9-1)23-25-5-3-24(4-6-25)21-26-22-32-10-2-8-28-11-13-30-15-16-33-26;16-13(23)10-20-4-1-2-19-3-5-21(11-14(17)24)7-9-22(8-6-20)12-15(18)25;1-2-4-14-6-8-16-10-12-18-13-11-17-9-7-15-5-3-1;1-4-12-6-2-8-14-10-11-15-9-3-7-13-5-1;1-3-11-7-9-13-5-2-6-14-10-8-12-4-1;1-2-4-7-11-9-6-10-12-8-5-3-1;/h3-6,26-33H,1-2,7-23H2;19H,1-12H2,(H2,16,23)(H2,17,24)(H2,18,25);14-18H,1-13H2;12-15H,1-11H2;11-14H,1-10H2;11-12H,1-10H2;1H. The van der Waals surface area contributed by atoms with Gasteiger partial charge in [-0.1, -0.05) is 49.9 Å². The van der Waals surface area contributed by atoms with Crippen molar-refractivity contribution >= 4 is 34.7 Å². The molecule has 7 fully saturated rings. The van der Waals surface area contributed by atoms with Gasteiger partial charge in [0.15, 0.2) is 0 Å². The highest BCUT2D eigenvalue weighted by Gasteiger charge is 2.18. The van der Waals surface area contributed by atoms with E-state index in [-0.39, 0.29) is 48.4 Å². The van der Waals surface area contributed by atoms with E-state index in [1.807, 2.05) is 14.7 Å². The summed E-state index contributed by atoms with van der Waals surface area (Å²) in [7, 11) is 0. The fourth-order valence-corrected chi connectivity index (χ4v) is 14.3. The Balaban J connectivity index is 0.000000503. The Morgan fingerprint density at radius 3 is 0.756 bits per heavy atom. The van der Waals surface area contributed by atoms with Crippen molar-refractivity contribution in [2.75, 3.05) is 367 Å². The first-order valence-corrected chi connectivity index (χ1v) is 47.4. The van der Waals surface area contributed by atoms with Crippen molar-refractivity contribution in [1.82, 2.24) is 142 Å². The maximum atomic E-state index is 11.3. The van der Waals surface area contributed by atoms with Crippen LogP contribution in [0.4, 0.5) is 0 Å². The zero-order valence-electron chi connectivity index (χ0n) is 75.1. The number of amides is 3. The molecule has 1 aromatic carbocycles. The van der Waals surface area contributed by atoms with Crippen molar-refractivity contribution in [3.8, 4) is 0 Å². The SMILES string of the molecule is Br.C1CCCNCCCNCCC1.C1CCNCCNCCNCCNCCNCC1.C1CNCCCNCCNCCCNC1.C1CNCCNCCCNCCNC1.NC(=O)CN1CCCNCCN(CC(N)=O)CCN(CC(N)=O)CC1.c1cc(CN2CCNCCCNCCNCC2)ccc1CC1CNCCCNCCNCCN1. The third kappa shape index (κ3) is 80.6. The smallest absolute Gasteiger partial charge is 0.231 e. The average Bonchev–Trinajstić information content (AvgIpc) is 0.931. The second kappa shape index (κ2) is 89.8. The van der Waals surface area contributed by atoms with E-state index >= 15 is 0 Å². The molecule has 0 saturated carbocycles. The van der Waals surface area contributed by atoms with Crippen molar-refractivity contribution in [2.24, 2.45) is 17.2 Å². The van der Waals surface area contributed by atoms with Gasteiger partial charge in [-0.05, 0) is 245 Å². The maximum Gasteiger partial charge on any atom is 0.231 e. The van der Waals surface area contributed by atoms with Gasteiger partial charge in [-0.2, -0.15) is 0 Å². The molecule has 34 heteroatoms. The summed E-state index contributed by atoms with van der Waals surface area (Å²) in [6.45, 7) is 56.4. The highest BCUT2D eigenvalue weighted by Crippen LogP contribution is 2.11. The third-order valence-electron chi connectivity index (χ3n) is 21.2. The first kappa shape index (κ1) is 112. The molecule has 0 aliphatic carbocycles. The Morgan fingerprint density at radius 2 is 0.437 bits per heavy atom. The van der Waals surface area contributed by atoms with Gasteiger partial charge in [-0.25, -0.2) is 0 Å². The van der Waals surface area contributed by atoms with Crippen LogP contribution < -0.4 is 139 Å². The Bertz CT molecular complexity index is 1950. The molecule has 7 aliphatic heterocycles. The number of nitrogens with zero attached hydrogens (tertiary/aromatic N) is 4. The molecule has 1 unspecified atom stereocenters. The summed E-state index contributed by atoms with van der Waals surface area (Å²) in [4.78, 5) is 42.2. The molecule has 0 spiro atoms. The summed E-state index contributed by atoms with van der Waals surface area (Å²) in [5.41, 5.74) is 18.8. The predicted molar refractivity (Wildman–Crippen MR) is 506 cm³/mol. The molecule has 119 heavy (non-hydrogen) atoms. The third-order valence-corrected chi connectivity index (χ3v) is 21.2. The largest absolute Gasteiger partial charge is 0.369 e. The van der Waals surface area contributed by atoms with Crippen LogP contribution in [-0.4, -0.2) is 410 Å². The summed E-state index contributed by atoms with van der Waals surface area (Å²) >= 11 is 0. The van der Waals surface area contributed by atoms with Crippen molar-refractivity contribution in [3.05, 3.63) is 35.4 Å². The normalized spacial score (nSPS) is 23.1. The van der Waals surface area contributed by atoms with Crippen LogP contribution in [0.2, 0.25) is 0 Å². The molecule has 0 radical (unpaired) electrons. The molecule has 7 aliphatic rings. The second-order valence-corrected chi connectivity index (χ2v) is 32.1. The number of halogens is 1. The van der Waals surface area contributed by atoms with E-state index in [0.29, 0.717) is 38.8 Å². The van der Waals surface area contributed by atoms with Crippen LogP contribution in [0.5, 0.6) is 0 Å². The molecular weight excluding hydrogens is 1570 g/mol. The minimum atomic E-state index is -0.408. The molecule has 0 aromatic heterocycles. The number of hydrogen-bond donors (Lipinski definition) is 26. The van der Waals surface area contributed by atoms with Gasteiger partial charge in [0, 0.05) is 215 Å². The van der Waals surface area contributed by atoms with Gasteiger partial charge in [-0.3, -0.25) is 34.0 Å². The Labute approximate surface area is 734 Å². The van der Waals surface area contributed by atoms with E-state index in [9.17, 15) is 14.4 Å². The Hall–Kier alpha value is -2.97. The predicted octanol–water partition coefficient (Wildman–Crippen LogP) is -4.44. The van der Waals surface area contributed by atoms with Crippen LogP contribution in [0.3, 0.4) is 0 Å².